The summed E-state index contributed by atoms with van der Waals surface area (Å²) in [6, 6.07) is 0. The van der Waals surface area contributed by atoms with E-state index in [9.17, 15) is 0 Å². The Hall–Kier alpha value is 0.883. The summed E-state index contributed by atoms with van der Waals surface area (Å²) in [4.78, 5) is 0. The monoisotopic (exact) mass is 561 g/mol. The van der Waals surface area contributed by atoms with Gasteiger partial charge in [0, 0.05) is 0 Å². The van der Waals surface area contributed by atoms with E-state index < -0.39 is 0 Å². The average molecular weight is 562 g/mol. The molecule has 0 aromatic carbocycles. The third-order valence-corrected chi connectivity index (χ3v) is 11.9. The van der Waals surface area contributed by atoms with Gasteiger partial charge in [0.15, 0.2) is 0 Å². The molecule has 0 aliphatic carbocycles. The zero-order valence-electron chi connectivity index (χ0n) is 18.9. The Balaban J connectivity index is 3.70. The van der Waals surface area contributed by atoms with Crippen LogP contribution in [0.2, 0.25) is 7.75 Å². The van der Waals surface area contributed by atoms with Crippen molar-refractivity contribution in [3.05, 3.63) is 0 Å². The summed E-state index contributed by atoms with van der Waals surface area (Å²) in [7, 11) is 0. The molecule has 0 aliphatic heterocycles. The van der Waals surface area contributed by atoms with E-state index in [0.717, 1.165) is 0 Å². The van der Waals surface area contributed by atoms with Crippen molar-refractivity contribution < 1.29 is 0 Å². The average Bonchev–Trinajstić information content (AvgIpc) is 2.65. The van der Waals surface area contributed by atoms with Gasteiger partial charge in [-0.15, -0.1) is 0 Å². The Labute approximate surface area is 179 Å². The SMILES string of the molecule is CCCCCCCCC[CH2][Bi][CH](CCCCCCC)CCCCCCC. The van der Waals surface area contributed by atoms with Crippen LogP contribution in [-0.4, -0.2) is 23.2 Å². The van der Waals surface area contributed by atoms with Gasteiger partial charge in [0.25, 0.3) is 0 Å². The molecule has 0 aromatic heterocycles. The van der Waals surface area contributed by atoms with Gasteiger partial charge >= 0.3 is 180 Å². The molecule has 0 atom stereocenters. The number of hydrogen-bond acceptors (Lipinski definition) is 0. The molecule has 0 saturated carbocycles. The quantitative estimate of drug-likeness (QED) is 0.0912. The van der Waals surface area contributed by atoms with Gasteiger partial charge in [-0.3, -0.25) is 0 Å². The van der Waals surface area contributed by atoms with Gasteiger partial charge in [-0.1, -0.05) is 0 Å². The first kappa shape index (κ1) is 26.9. The van der Waals surface area contributed by atoms with Crippen LogP contribution in [0.4, 0.5) is 0 Å². The Morgan fingerprint density at radius 2 is 0.769 bits per heavy atom. The minimum atomic E-state index is -0.199. The molecule has 0 aliphatic rings. The van der Waals surface area contributed by atoms with Gasteiger partial charge in [0.2, 0.25) is 0 Å². The molecule has 0 fully saturated rings. The topological polar surface area (TPSA) is 0 Å². The van der Waals surface area contributed by atoms with Crippen molar-refractivity contribution in [1.29, 1.82) is 0 Å². The van der Waals surface area contributed by atoms with Crippen molar-refractivity contribution in [3.8, 4) is 0 Å². The normalized spacial score (nSPS) is 11.5. The predicted molar refractivity (Wildman–Crippen MR) is 124 cm³/mol. The van der Waals surface area contributed by atoms with Crippen LogP contribution >= 0.6 is 0 Å². The third kappa shape index (κ3) is 21.2. The van der Waals surface area contributed by atoms with Crippen LogP contribution in [0.25, 0.3) is 0 Å². The molecule has 0 nitrogen and oxygen atoms in total. The molecule has 157 valence electrons. The zero-order valence-corrected chi connectivity index (χ0v) is 22.4. The second-order valence-electron chi connectivity index (χ2n) is 8.44. The minimum absolute atomic E-state index is 0.199. The van der Waals surface area contributed by atoms with E-state index in [1.54, 1.807) is 36.2 Å². The number of hydrogen-bond donors (Lipinski definition) is 0. The Morgan fingerprint density at radius 3 is 1.19 bits per heavy atom. The van der Waals surface area contributed by atoms with Gasteiger partial charge in [-0.2, -0.15) is 0 Å². The van der Waals surface area contributed by atoms with Crippen LogP contribution in [0.3, 0.4) is 0 Å². The summed E-state index contributed by atoms with van der Waals surface area (Å²) >= 11 is -0.199. The van der Waals surface area contributed by atoms with E-state index in [1.165, 1.54) is 99.9 Å². The summed E-state index contributed by atoms with van der Waals surface area (Å²) < 4.78 is 2.91. The standard InChI is InChI=1S/C15H31.C10H21.Bi/c1-3-5-7-9-11-13-15-14-12-10-8-6-4-2;1-3-5-7-9-10-8-6-4-2;/h15H,3-14H2,1-2H3;1,3-10H2,2H3;. The van der Waals surface area contributed by atoms with Crippen LogP contribution in [0.1, 0.15) is 149 Å². The molecule has 1 radical (unpaired) electrons. The zero-order chi connectivity index (χ0) is 19.1. The Bertz CT molecular complexity index is 224. The van der Waals surface area contributed by atoms with Crippen LogP contribution in [0, 0.1) is 0 Å². The predicted octanol–water partition coefficient (Wildman–Crippen LogP) is 9.76. The van der Waals surface area contributed by atoms with Crippen molar-refractivity contribution in [3.63, 3.8) is 0 Å². The molecule has 0 N–H and O–H groups in total. The van der Waals surface area contributed by atoms with Gasteiger partial charge < -0.3 is 0 Å². The molecule has 0 bridgehead atoms. The van der Waals surface area contributed by atoms with Gasteiger partial charge in [0.1, 0.15) is 0 Å². The molecule has 0 rings (SSSR count). The number of unbranched alkanes of at least 4 members (excludes halogenated alkanes) is 15. The van der Waals surface area contributed by atoms with Crippen molar-refractivity contribution in [2.75, 3.05) is 0 Å². The molecule has 0 aromatic rings. The molecular weight excluding hydrogens is 509 g/mol. The van der Waals surface area contributed by atoms with Crippen molar-refractivity contribution in [2.24, 2.45) is 0 Å². The molecule has 0 amide bonds. The molecule has 1 heteroatoms. The fourth-order valence-electron chi connectivity index (χ4n) is 3.81. The van der Waals surface area contributed by atoms with Gasteiger partial charge in [-0.05, 0) is 0 Å². The molecule has 0 spiro atoms. The number of rotatable bonds is 22. The fourth-order valence-corrected chi connectivity index (χ4v) is 9.65. The van der Waals surface area contributed by atoms with E-state index in [-0.39, 0.29) is 23.2 Å². The molecule has 0 heterocycles. The maximum absolute atomic E-state index is 2.33. The third-order valence-electron chi connectivity index (χ3n) is 5.68. The molecule has 0 unspecified atom stereocenters. The summed E-state index contributed by atoms with van der Waals surface area (Å²) in [5.41, 5.74) is 0. The van der Waals surface area contributed by atoms with Crippen LogP contribution in [-0.2, 0) is 0 Å². The Kier molecular flexibility index (Phi) is 24.7. The Morgan fingerprint density at radius 1 is 0.423 bits per heavy atom. The first-order valence-electron chi connectivity index (χ1n) is 12.5. The van der Waals surface area contributed by atoms with Crippen LogP contribution < -0.4 is 0 Å². The van der Waals surface area contributed by atoms with Crippen molar-refractivity contribution in [1.82, 2.24) is 0 Å². The first-order chi connectivity index (χ1) is 12.8. The molecule has 26 heavy (non-hydrogen) atoms. The summed E-state index contributed by atoms with van der Waals surface area (Å²) in [6.45, 7) is 6.98. The second-order valence-corrected chi connectivity index (χ2v) is 14.4. The second kappa shape index (κ2) is 23.9. The van der Waals surface area contributed by atoms with Gasteiger partial charge in [-0.25, -0.2) is 0 Å². The van der Waals surface area contributed by atoms with Gasteiger partial charge in [0.05, 0.1) is 0 Å². The van der Waals surface area contributed by atoms with E-state index >= 15 is 0 Å². The molecular formula is C25H52Bi. The van der Waals surface area contributed by atoms with Crippen LogP contribution in [0.5, 0.6) is 0 Å². The maximum atomic E-state index is 2.33. The summed E-state index contributed by atoms with van der Waals surface area (Å²) in [5.74, 6) is 0. The van der Waals surface area contributed by atoms with Crippen LogP contribution in [0.15, 0.2) is 0 Å². The van der Waals surface area contributed by atoms with E-state index in [2.05, 4.69) is 20.8 Å². The summed E-state index contributed by atoms with van der Waals surface area (Å²) in [6.07, 6.45) is 29.9. The van der Waals surface area contributed by atoms with E-state index in [0.29, 0.717) is 0 Å². The van der Waals surface area contributed by atoms with E-state index in [1.807, 2.05) is 0 Å². The van der Waals surface area contributed by atoms with Crippen molar-refractivity contribution in [2.45, 2.75) is 157 Å². The van der Waals surface area contributed by atoms with E-state index in [4.69, 9.17) is 0 Å². The fraction of sp³-hybridized carbons (Fsp3) is 1.00. The summed E-state index contributed by atoms with van der Waals surface area (Å²) in [5, 5.41) is 0. The van der Waals surface area contributed by atoms with Crippen molar-refractivity contribution >= 4 is 23.2 Å². The first-order valence-corrected chi connectivity index (χ1v) is 17.0. The molecule has 0 saturated heterocycles.